The number of hydrogen-bond acceptors (Lipinski definition) is 2. The second kappa shape index (κ2) is 6.77. The van der Waals surface area contributed by atoms with Gasteiger partial charge in [-0.3, -0.25) is 4.79 Å². The minimum Gasteiger partial charge on any atom is -0.496 e. The Balaban J connectivity index is 2.74. The highest BCUT2D eigenvalue weighted by Crippen LogP contribution is 2.33. The summed E-state index contributed by atoms with van der Waals surface area (Å²) in [7, 11) is 1.35. The molecule has 0 aliphatic heterocycles. The van der Waals surface area contributed by atoms with Gasteiger partial charge in [0.25, 0.3) is 0 Å². The monoisotopic (exact) mass is 288 g/mol. The predicted octanol–water partition coefficient (Wildman–Crippen LogP) is 4.26. The topological polar surface area (TPSA) is 26.3 Å². The standard InChI is InChI=1S/C15H19F3O2/c1-10(2)13(19)6-4-5-11-7-8-12(15(16,17)18)9-14(11)20-3/h7-10H,4-6H2,1-3H3. The molecule has 20 heavy (non-hydrogen) atoms. The third kappa shape index (κ3) is 4.54. The summed E-state index contributed by atoms with van der Waals surface area (Å²) >= 11 is 0. The highest BCUT2D eigenvalue weighted by Gasteiger charge is 2.31. The van der Waals surface area contributed by atoms with Gasteiger partial charge in [-0.1, -0.05) is 19.9 Å². The van der Waals surface area contributed by atoms with Gasteiger partial charge in [-0.25, -0.2) is 0 Å². The van der Waals surface area contributed by atoms with Gasteiger partial charge in [0, 0.05) is 12.3 Å². The van der Waals surface area contributed by atoms with E-state index in [1.165, 1.54) is 13.2 Å². The summed E-state index contributed by atoms with van der Waals surface area (Å²) in [5, 5.41) is 0. The molecule has 0 spiro atoms. The van der Waals surface area contributed by atoms with Gasteiger partial charge in [0.15, 0.2) is 0 Å². The molecule has 0 fully saturated rings. The van der Waals surface area contributed by atoms with Crippen LogP contribution in [0, 0.1) is 5.92 Å². The van der Waals surface area contributed by atoms with Crippen LogP contribution in [-0.2, 0) is 17.4 Å². The van der Waals surface area contributed by atoms with Crippen LogP contribution in [0.5, 0.6) is 5.75 Å². The fourth-order valence-electron chi connectivity index (χ4n) is 1.87. The van der Waals surface area contributed by atoms with Gasteiger partial charge in [-0.05, 0) is 30.5 Å². The lowest BCUT2D eigenvalue weighted by atomic mass is 10.00. The van der Waals surface area contributed by atoms with Gasteiger partial charge in [-0.15, -0.1) is 0 Å². The number of rotatable bonds is 6. The van der Waals surface area contributed by atoms with Gasteiger partial charge in [-0.2, -0.15) is 13.2 Å². The Labute approximate surface area is 116 Å². The van der Waals surface area contributed by atoms with Crippen molar-refractivity contribution in [2.45, 2.75) is 39.3 Å². The predicted molar refractivity (Wildman–Crippen MR) is 70.8 cm³/mol. The van der Waals surface area contributed by atoms with Gasteiger partial charge in [0.1, 0.15) is 11.5 Å². The highest BCUT2D eigenvalue weighted by atomic mass is 19.4. The number of benzene rings is 1. The molecule has 0 unspecified atom stereocenters. The maximum absolute atomic E-state index is 12.6. The van der Waals surface area contributed by atoms with Crippen LogP contribution in [0.3, 0.4) is 0 Å². The first-order valence-corrected chi connectivity index (χ1v) is 6.52. The molecule has 112 valence electrons. The Morgan fingerprint density at radius 3 is 2.45 bits per heavy atom. The number of Topliss-reactive ketones (excluding diaryl/α,β-unsaturated/α-hetero) is 1. The van der Waals surface area contributed by atoms with E-state index >= 15 is 0 Å². The van der Waals surface area contributed by atoms with Crippen molar-refractivity contribution in [3.05, 3.63) is 29.3 Å². The van der Waals surface area contributed by atoms with Crippen molar-refractivity contribution in [2.24, 2.45) is 5.92 Å². The molecule has 0 aliphatic carbocycles. The van der Waals surface area contributed by atoms with E-state index in [1.54, 1.807) is 0 Å². The van der Waals surface area contributed by atoms with E-state index < -0.39 is 11.7 Å². The lowest BCUT2D eigenvalue weighted by molar-refractivity contribution is -0.137. The largest absolute Gasteiger partial charge is 0.496 e. The summed E-state index contributed by atoms with van der Waals surface area (Å²) in [6.45, 7) is 3.67. The van der Waals surface area contributed by atoms with Gasteiger partial charge in [0.2, 0.25) is 0 Å². The fraction of sp³-hybridized carbons (Fsp3) is 0.533. The Morgan fingerprint density at radius 1 is 1.30 bits per heavy atom. The van der Waals surface area contributed by atoms with E-state index in [0.29, 0.717) is 24.8 Å². The first-order valence-electron chi connectivity index (χ1n) is 6.52. The van der Waals surface area contributed by atoms with Crippen molar-refractivity contribution in [1.29, 1.82) is 0 Å². The first kappa shape index (κ1) is 16.5. The maximum atomic E-state index is 12.6. The first-order chi connectivity index (χ1) is 9.25. The second-order valence-corrected chi connectivity index (χ2v) is 5.00. The van der Waals surface area contributed by atoms with E-state index in [9.17, 15) is 18.0 Å². The summed E-state index contributed by atoms with van der Waals surface area (Å²) in [4.78, 5) is 11.5. The Bertz CT molecular complexity index is 465. The molecule has 5 heteroatoms. The van der Waals surface area contributed by atoms with Gasteiger partial charge in [0.05, 0.1) is 12.7 Å². The van der Waals surface area contributed by atoms with Crippen LogP contribution >= 0.6 is 0 Å². The minimum absolute atomic E-state index is 0.00972. The second-order valence-electron chi connectivity index (χ2n) is 5.00. The van der Waals surface area contributed by atoms with Crippen molar-refractivity contribution in [3.63, 3.8) is 0 Å². The number of carbonyl (C=O) groups is 1. The minimum atomic E-state index is -4.38. The molecule has 0 saturated heterocycles. The highest BCUT2D eigenvalue weighted by molar-refractivity contribution is 5.80. The van der Waals surface area contributed by atoms with Crippen molar-refractivity contribution in [2.75, 3.05) is 7.11 Å². The van der Waals surface area contributed by atoms with Crippen molar-refractivity contribution in [3.8, 4) is 5.75 Å². The van der Waals surface area contributed by atoms with Crippen LogP contribution in [0.1, 0.15) is 37.8 Å². The van der Waals surface area contributed by atoms with E-state index in [4.69, 9.17) is 4.74 Å². The Kier molecular flexibility index (Phi) is 5.60. The molecular weight excluding hydrogens is 269 g/mol. The van der Waals surface area contributed by atoms with E-state index in [0.717, 1.165) is 12.1 Å². The van der Waals surface area contributed by atoms with E-state index in [2.05, 4.69) is 0 Å². The van der Waals surface area contributed by atoms with Crippen molar-refractivity contribution < 1.29 is 22.7 Å². The zero-order valence-electron chi connectivity index (χ0n) is 11.9. The zero-order valence-corrected chi connectivity index (χ0v) is 11.9. The van der Waals surface area contributed by atoms with Crippen LogP contribution in [0.15, 0.2) is 18.2 Å². The van der Waals surface area contributed by atoms with Crippen LogP contribution in [0.4, 0.5) is 13.2 Å². The maximum Gasteiger partial charge on any atom is 0.416 e. The molecule has 0 amide bonds. The van der Waals surface area contributed by atoms with Crippen molar-refractivity contribution in [1.82, 2.24) is 0 Å². The number of halogens is 3. The Morgan fingerprint density at radius 2 is 1.95 bits per heavy atom. The molecule has 0 aromatic heterocycles. The SMILES string of the molecule is COc1cc(C(F)(F)F)ccc1CCCC(=O)C(C)C. The number of alkyl halides is 3. The van der Waals surface area contributed by atoms with Gasteiger partial charge < -0.3 is 4.74 Å². The third-order valence-corrected chi connectivity index (χ3v) is 3.13. The number of carbonyl (C=O) groups excluding carboxylic acids is 1. The molecule has 0 bridgehead atoms. The van der Waals surface area contributed by atoms with Crippen molar-refractivity contribution >= 4 is 5.78 Å². The average Bonchev–Trinajstić information content (AvgIpc) is 2.37. The Hall–Kier alpha value is -1.52. The number of methoxy groups -OCH3 is 1. The summed E-state index contributed by atoms with van der Waals surface area (Å²) in [5.41, 5.74) is -0.0339. The van der Waals surface area contributed by atoms with E-state index in [1.807, 2.05) is 13.8 Å². The quantitative estimate of drug-likeness (QED) is 0.781. The molecule has 2 nitrogen and oxygen atoms in total. The summed E-state index contributed by atoms with van der Waals surface area (Å²) in [5.74, 6) is 0.372. The zero-order chi connectivity index (χ0) is 15.3. The molecule has 0 radical (unpaired) electrons. The lowest BCUT2D eigenvalue weighted by Gasteiger charge is -2.12. The number of aryl methyl sites for hydroxylation is 1. The molecule has 1 aromatic rings. The molecule has 0 heterocycles. The molecule has 0 atom stereocenters. The fourth-order valence-corrected chi connectivity index (χ4v) is 1.87. The third-order valence-electron chi connectivity index (χ3n) is 3.13. The summed E-state index contributed by atoms with van der Waals surface area (Å²) in [6.07, 6.45) is -2.81. The number of hydrogen-bond donors (Lipinski definition) is 0. The lowest BCUT2D eigenvalue weighted by Crippen LogP contribution is -2.08. The molecular formula is C15H19F3O2. The van der Waals surface area contributed by atoms with Crippen LogP contribution < -0.4 is 4.74 Å². The molecule has 1 aromatic carbocycles. The van der Waals surface area contributed by atoms with Gasteiger partial charge >= 0.3 is 6.18 Å². The molecule has 0 saturated carbocycles. The number of ketones is 1. The summed E-state index contributed by atoms with van der Waals surface area (Å²) < 4.78 is 42.7. The van der Waals surface area contributed by atoms with E-state index in [-0.39, 0.29) is 17.5 Å². The average molecular weight is 288 g/mol. The normalized spacial score (nSPS) is 11.8. The smallest absolute Gasteiger partial charge is 0.416 e. The number of ether oxygens (including phenoxy) is 1. The summed E-state index contributed by atoms with van der Waals surface area (Å²) in [6, 6.07) is 3.46. The molecule has 0 N–H and O–H groups in total. The molecule has 1 rings (SSSR count). The van der Waals surface area contributed by atoms with Crippen LogP contribution in [-0.4, -0.2) is 12.9 Å². The van der Waals surface area contributed by atoms with Crippen LogP contribution in [0.2, 0.25) is 0 Å². The molecule has 0 aliphatic rings. The van der Waals surface area contributed by atoms with Crippen LogP contribution in [0.25, 0.3) is 0 Å².